The van der Waals surface area contributed by atoms with Crippen LogP contribution in [0.4, 0.5) is 5.95 Å². The number of rotatable bonds is 5. The molecule has 2 aromatic heterocycles. The minimum Gasteiger partial charge on any atom is -0.476 e. The maximum Gasteiger partial charge on any atom is 0.358 e. The second-order valence-corrected chi connectivity index (χ2v) is 3.22. The molecule has 0 spiro atoms. The van der Waals surface area contributed by atoms with Gasteiger partial charge in [0, 0.05) is 13.6 Å². The Morgan fingerprint density at radius 3 is 2.88 bits per heavy atom. The Bertz CT molecular complexity index is 517. The smallest absolute Gasteiger partial charge is 0.358 e. The summed E-state index contributed by atoms with van der Waals surface area (Å²) < 4.78 is 2.92. The summed E-state index contributed by atoms with van der Waals surface area (Å²) in [5.74, 6) is -0.565. The van der Waals surface area contributed by atoms with E-state index in [0.717, 1.165) is 0 Å². The van der Waals surface area contributed by atoms with Crippen LogP contribution in [0, 0.1) is 0 Å². The maximum atomic E-state index is 10.6. The summed E-state index contributed by atoms with van der Waals surface area (Å²) in [7, 11) is 1.71. The Labute approximate surface area is 95.2 Å². The van der Waals surface area contributed by atoms with Crippen LogP contribution in [0.3, 0.4) is 0 Å². The van der Waals surface area contributed by atoms with Crippen LogP contribution in [0.1, 0.15) is 10.5 Å². The number of aromatic nitrogens is 7. The van der Waals surface area contributed by atoms with Crippen molar-refractivity contribution in [1.82, 2.24) is 35.2 Å². The second kappa shape index (κ2) is 4.55. The molecule has 17 heavy (non-hydrogen) atoms. The van der Waals surface area contributed by atoms with Gasteiger partial charge in [-0.2, -0.15) is 0 Å². The Hall–Kier alpha value is -2.52. The average Bonchev–Trinajstić information content (AvgIpc) is 2.89. The molecule has 0 aliphatic heterocycles. The van der Waals surface area contributed by atoms with Crippen LogP contribution >= 0.6 is 0 Å². The van der Waals surface area contributed by atoms with Gasteiger partial charge in [-0.05, 0) is 10.4 Å². The highest BCUT2D eigenvalue weighted by Gasteiger charge is 2.07. The first-order chi connectivity index (χ1) is 8.16. The number of anilines is 1. The lowest BCUT2D eigenvalue weighted by atomic mass is 10.5. The van der Waals surface area contributed by atoms with Crippen molar-refractivity contribution in [2.75, 3.05) is 11.9 Å². The summed E-state index contributed by atoms with van der Waals surface area (Å²) in [4.78, 5) is 10.6. The molecule has 10 heteroatoms. The summed E-state index contributed by atoms with van der Waals surface area (Å²) in [6.45, 7) is 0.976. The number of nitrogens with one attached hydrogen (secondary N) is 1. The Kier molecular flexibility index (Phi) is 2.94. The number of aromatic carboxylic acids is 1. The van der Waals surface area contributed by atoms with Crippen molar-refractivity contribution in [2.45, 2.75) is 6.54 Å². The summed E-state index contributed by atoms with van der Waals surface area (Å²) >= 11 is 0. The SMILES string of the molecule is Cn1nnnc1NCCn1cc(C(=O)O)nn1. The molecule has 90 valence electrons. The third-order valence-electron chi connectivity index (χ3n) is 2.00. The summed E-state index contributed by atoms with van der Waals surface area (Å²) in [5.41, 5.74) is -0.0784. The fraction of sp³-hybridized carbons (Fsp3) is 0.429. The van der Waals surface area contributed by atoms with Crippen LogP contribution in [0.2, 0.25) is 0 Å². The summed E-state index contributed by atoms with van der Waals surface area (Å²) in [6, 6.07) is 0. The number of hydrogen-bond acceptors (Lipinski definition) is 7. The molecule has 2 rings (SSSR count). The zero-order chi connectivity index (χ0) is 12.3. The molecule has 0 fully saturated rings. The molecule has 0 atom stereocenters. The fourth-order valence-electron chi connectivity index (χ4n) is 1.17. The van der Waals surface area contributed by atoms with Gasteiger partial charge in [-0.1, -0.05) is 10.3 Å². The van der Waals surface area contributed by atoms with Gasteiger partial charge >= 0.3 is 5.97 Å². The van der Waals surface area contributed by atoms with Gasteiger partial charge in [0.25, 0.3) is 0 Å². The number of carboxylic acids is 1. The number of carboxylic acid groups (broad SMARTS) is 1. The van der Waals surface area contributed by atoms with Crippen LogP contribution in [-0.2, 0) is 13.6 Å². The van der Waals surface area contributed by atoms with E-state index in [1.165, 1.54) is 15.6 Å². The van der Waals surface area contributed by atoms with Crippen molar-refractivity contribution in [3.05, 3.63) is 11.9 Å². The van der Waals surface area contributed by atoms with Crippen molar-refractivity contribution in [3.8, 4) is 0 Å². The van der Waals surface area contributed by atoms with Crippen molar-refractivity contribution >= 4 is 11.9 Å². The summed E-state index contributed by atoms with van der Waals surface area (Å²) in [5, 5.41) is 29.6. The molecule has 2 aromatic rings. The van der Waals surface area contributed by atoms with Gasteiger partial charge in [0.2, 0.25) is 5.95 Å². The van der Waals surface area contributed by atoms with Crippen LogP contribution in [-0.4, -0.2) is 52.8 Å². The molecule has 0 unspecified atom stereocenters. The summed E-state index contributed by atoms with van der Waals surface area (Å²) in [6.07, 6.45) is 1.36. The van der Waals surface area contributed by atoms with Gasteiger partial charge in [0.1, 0.15) is 0 Å². The molecule has 0 amide bonds. The van der Waals surface area contributed by atoms with Gasteiger partial charge in [-0.25, -0.2) is 14.2 Å². The molecule has 2 heterocycles. The van der Waals surface area contributed by atoms with E-state index in [1.807, 2.05) is 0 Å². The highest BCUT2D eigenvalue weighted by atomic mass is 16.4. The van der Waals surface area contributed by atoms with Crippen molar-refractivity contribution in [2.24, 2.45) is 7.05 Å². The highest BCUT2D eigenvalue weighted by Crippen LogP contribution is 1.96. The van der Waals surface area contributed by atoms with Gasteiger partial charge in [0.05, 0.1) is 12.7 Å². The van der Waals surface area contributed by atoms with Gasteiger partial charge in [-0.15, -0.1) is 5.10 Å². The van der Waals surface area contributed by atoms with Crippen LogP contribution in [0.15, 0.2) is 6.20 Å². The molecular formula is C7H10N8O2. The zero-order valence-corrected chi connectivity index (χ0v) is 8.98. The minimum atomic E-state index is -1.10. The van der Waals surface area contributed by atoms with E-state index in [2.05, 4.69) is 31.2 Å². The zero-order valence-electron chi connectivity index (χ0n) is 8.98. The third-order valence-corrected chi connectivity index (χ3v) is 2.00. The molecule has 0 aliphatic carbocycles. The number of hydrogen-bond donors (Lipinski definition) is 2. The van der Waals surface area contributed by atoms with E-state index < -0.39 is 5.97 Å². The van der Waals surface area contributed by atoms with Crippen LogP contribution in [0.25, 0.3) is 0 Å². The molecule has 0 saturated heterocycles. The molecule has 0 saturated carbocycles. The standard InChI is InChI=1S/C7H10N8O2/c1-14-7(10-11-13-14)8-2-3-15-4-5(6(16)17)9-12-15/h4H,2-3H2,1H3,(H,16,17)(H,8,10,13). The highest BCUT2D eigenvalue weighted by molar-refractivity contribution is 5.84. The number of nitrogens with zero attached hydrogens (tertiary/aromatic N) is 7. The lowest BCUT2D eigenvalue weighted by molar-refractivity contribution is 0.0690. The van der Waals surface area contributed by atoms with E-state index in [-0.39, 0.29) is 5.69 Å². The van der Waals surface area contributed by atoms with E-state index in [4.69, 9.17) is 5.11 Å². The molecule has 2 N–H and O–H groups in total. The van der Waals surface area contributed by atoms with Crippen molar-refractivity contribution in [3.63, 3.8) is 0 Å². The molecule has 0 aromatic carbocycles. The molecule has 0 radical (unpaired) electrons. The Morgan fingerprint density at radius 2 is 2.29 bits per heavy atom. The first-order valence-corrected chi connectivity index (χ1v) is 4.76. The quantitative estimate of drug-likeness (QED) is 0.652. The van der Waals surface area contributed by atoms with Gasteiger partial charge in [0.15, 0.2) is 5.69 Å². The topological polar surface area (TPSA) is 124 Å². The average molecular weight is 238 g/mol. The van der Waals surface area contributed by atoms with Gasteiger partial charge in [-0.3, -0.25) is 0 Å². The fourth-order valence-corrected chi connectivity index (χ4v) is 1.17. The third kappa shape index (κ3) is 2.53. The van der Waals surface area contributed by atoms with E-state index in [0.29, 0.717) is 19.0 Å². The van der Waals surface area contributed by atoms with E-state index in [9.17, 15) is 4.79 Å². The number of aryl methyl sites for hydroxylation is 1. The van der Waals surface area contributed by atoms with E-state index in [1.54, 1.807) is 7.05 Å². The molecule has 0 bridgehead atoms. The predicted octanol–water partition coefficient (Wildman–Crippen LogP) is -1.39. The number of carbonyl (C=O) groups is 1. The monoisotopic (exact) mass is 238 g/mol. The Balaban J connectivity index is 1.86. The van der Waals surface area contributed by atoms with E-state index >= 15 is 0 Å². The molecule has 0 aliphatic rings. The van der Waals surface area contributed by atoms with Crippen molar-refractivity contribution < 1.29 is 9.90 Å². The number of tetrazole rings is 1. The predicted molar refractivity (Wildman–Crippen MR) is 54.3 cm³/mol. The molecule has 10 nitrogen and oxygen atoms in total. The molecular weight excluding hydrogens is 228 g/mol. The maximum absolute atomic E-state index is 10.6. The normalized spacial score (nSPS) is 10.4. The first-order valence-electron chi connectivity index (χ1n) is 4.76. The lowest BCUT2D eigenvalue weighted by Crippen LogP contribution is -2.13. The lowest BCUT2D eigenvalue weighted by Gasteiger charge is -2.02. The van der Waals surface area contributed by atoms with Crippen molar-refractivity contribution in [1.29, 1.82) is 0 Å². The Morgan fingerprint density at radius 1 is 1.47 bits per heavy atom. The van der Waals surface area contributed by atoms with Crippen LogP contribution < -0.4 is 5.32 Å². The van der Waals surface area contributed by atoms with Crippen LogP contribution in [0.5, 0.6) is 0 Å². The first kappa shape index (κ1) is 11.0. The second-order valence-electron chi connectivity index (χ2n) is 3.22. The largest absolute Gasteiger partial charge is 0.476 e. The minimum absolute atomic E-state index is 0.0784. The van der Waals surface area contributed by atoms with Gasteiger partial charge < -0.3 is 10.4 Å².